The normalized spacial score (nSPS) is 24.8. The van der Waals surface area contributed by atoms with Crippen LogP contribution in [0.3, 0.4) is 0 Å². The van der Waals surface area contributed by atoms with Gasteiger partial charge in [0.05, 0.1) is 7.11 Å². The summed E-state index contributed by atoms with van der Waals surface area (Å²) in [4.78, 5) is 23.4. The monoisotopic (exact) mass is 201 g/mol. The van der Waals surface area contributed by atoms with Crippen molar-refractivity contribution in [3.8, 4) is 0 Å². The molecule has 1 atom stereocenters. The van der Waals surface area contributed by atoms with Crippen LogP contribution in [-0.4, -0.2) is 41.8 Å². The molecular formula is C9H15NO4. The molecule has 5 heteroatoms. The van der Waals surface area contributed by atoms with Crippen molar-refractivity contribution in [3.05, 3.63) is 0 Å². The molecule has 0 unspecified atom stereocenters. The van der Waals surface area contributed by atoms with Crippen LogP contribution in [0.5, 0.6) is 0 Å². The van der Waals surface area contributed by atoms with Crippen LogP contribution in [0.1, 0.15) is 20.3 Å². The van der Waals surface area contributed by atoms with E-state index >= 15 is 0 Å². The highest BCUT2D eigenvalue weighted by Gasteiger charge is 2.44. The summed E-state index contributed by atoms with van der Waals surface area (Å²) in [7, 11) is 1.26. The Bertz CT molecular complexity index is 262. The predicted octanol–water partition coefficient (Wildman–Crippen LogP) is 0.938. The van der Waals surface area contributed by atoms with Gasteiger partial charge >= 0.3 is 12.1 Å². The Morgan fingerprint density at radius 1 is 1.50 bits per heavy atom. The molecule has 0 saturated carbocycles. The van der Waals surface area contributed by atoms with E-state index in [1.807, 2.05) is 13.8 Å². The first-order valence-electron chi connectivity index (χ1n) is 4.45. The van der Waals surface area contributed by atoms with Gasteiger partial charge in [-0.1, -0.05) is 13.8 Å². The van der Waals surface area contributed by atoms with E-state index in [-0.39, 0.29) is 5.41 Å². The van der Waals surface area contributed by atoms with E-state index in [2.05, 4.69) is 4.74 Å². The van der Waals surface area contributed by atoms with Crippen LogP contribution in [0.2, 0.25) is 0 Å². The highest BCUT2D eigenvalue weighted by atomic mass is 16.5. The molecule has 0 aromatic carbocycles. The van der Waals surface area contributed by atoms with E-state index in [1.54, 1.807) is 0 Å². The smallest absolute Gasteiger partial charge is 0.410 e. The fourth-order valence-corrected chi connectivity index (χ4v) is 1.80. The number of carbonyl (C=O) groups excluding carboxylic acids is 1. The zero-order chi connectivity index (χ0) is 10.9. The Labute approximate surface area is 82.6 Å². The topological polar surface area (TPSA) is 66.8 Å². The average Bonchev–Trinajstić information content (AvgIpc) is 2.40. The van der Waals surface area contributed by atoms with Gasteiger partial charge in [0.25, 0.3) is 0 Å². The summed E-state index contributed by atoms with van der Waals surface area (Å²) in [6.45, 7) is 4.30. The molecule has 0 aromatic heterocycles. The molecule has 1 saturated heterocycles. The molecule has 14 heavy (non-hydrogen) atoms. The Kier molecular flexibility index (Phi) is 2.69. The first-order chi connectivity index (χ1) is 6.37. The molecule has 0 spiro atoms. The zero-order valence-corrected chi connectivity index (χ0v) is 8.61. The minimum absolute atomic E-state index is 0.156. The summed E-state index contributed by atoms with van der Waals surface area (Å²) in [5.74, 6) is -0.971. The molecule has 1 amide bonds. The molecule has 1 heterocycles. The van der Waals surface area contributed by atoms with Crippen molar-refractivity contribution in [2.24, 2.45) is 5.41 Å². The largest absolute Gasteiger partial charge is 0.480 e. The van der Waals surface area contributed by atoms with Gasteiger partial charge in [0, 0.05) is 6.54 Å². The average molecular weight is 201 g/mol. The maximum Gasteiger partial charge on any atom is 0.410 e. The lowest BCUT2D eigenvalue weighted by Gasteiger charge is -2.20. The Balaban J connectivity index is 2.83. The number of hydrogen-bond donors (Lipinski definition) is 1. The van der Waals surface area contributed by atoms with Crippen LogP contribution in [0.15, 0.2) is 0 Å². The number of rotatable bonds is 1. The van der Waals surface area contributed by atoms with Gasteiger partial charge in [-0.05, 0) is 11.8 Å². The Hall–Kier alpha value is -1.26. The van der Waals surface area contributed by atoms with Crippen molar-refractivity contribution in [3.63, 3.8) is 0 Å². The minimum atomic E-state index is -0.971. The molecule has 5 nitrogen and oxygen atoms in total. The van der Waals surface area contributed by atoms with Gasteiger partial charge in [-0.15, -0.1) is 0 Å². The van der Waals surface area contributed by atoms with Gasteiger partial charge in [0.1, 0.15) is 6.04 Å². The molecule has 0 bridgehead atoms. The van der Waals surface area contributed by atoms with E-state index in [0.717, 1.165) is 0 Å². The van der Waals surface area contributed by atoms with Gasteiger partial charge in [-0.25, -0.2) is 9.59 Å². The quantitative estimate of drug-likeness (QED) is 0.685. The SMILES string of the molecule is COC(=O)N1CC(C)(C)C[C@H]1C(=O)O. The zero-order valence-electron chi connectivity index (χ0n) is 8.61. The summed E-state index contributed by atoms with van der Waals surface area (Å²) in [5, 5.41) is 8.91. The van der Waals surface area contributed by atoms with E-state index in [9.17, 15) is 9.59 Å². The van der Waals surface area contributed by atoms with Crippen LogP contribution in [0, 0.1) is 5.41 Å². The van der Waals surface area contributed by atoms with Crippen LogP contribution in [0.4, 0.5) is 4.79 Å². The minimum Gasteiger partial charge on any atom is -0.480 e. The first kappa shape index (κ1) is 10.8. The summed E-state index contributed by atoms with van der Waals surface area (Å²) in [6.07, 6.45) is -0.0970. The molecule has 1 rings (SSSR count). The second-order valence-electron chi connectivity index (χ2n) is 4.32. The fourth-order valence-electron chi connectivity index (χ4n) is 1.80. The lowest BCUT2D eigenvalue weighted by Crippen LogP contribution is -2.40. The number of aliphatic carboxylic acids is 1. The van der Waals surface area contributed by atoms with Crippen LogP contribution in [-0.2, 0) is 9.53 Å². The van der Waals surface area contributed by atoms with E-state index < -0.39 is 18.1 Å². The first-order valence-corrected chi connectivity index (χ1v) is 4.45. The second-order valence-corrected chi connectivity index (χ2v) is 4.32. The lowest BCUT2D eigenvalue weighted by molar-refractivity contribution is -0.141. The van der Waals surface area contributed by atoms with Crippen molar-refractivity contribution < 1.29 is 19.4 Å². The lowest BCUT2D eigenvalue weighted by atomic mass is 9.91. The van der Waals surface area contributed by atoms with Crippen molar-refractivity contribution in [2.45, 2.75) is 26.3 Å². The highest BCUT2D eigenvalue weighted by Crippen LogP contribution is 2.34. The molecule has 1 aliphatic rings. The maximum atomic E-state index is 11.3. The van der Waals surface area contributed by atoms with Crippen molar-refractivity contribution in [1.29, 1.82) is 0 Å². The summed E-state index contributed by atoms with van der Waals surface area (Å²) < 4.78 is 4.53. The van der Waals surface area contributed by atoms with Crippen LogP contribution in [0.25, 0.3) is 0 Å². The van der Waals surface area contributed by atoms with Crippen molar-refractivity contribution >= 4 is 12.1 Å². The number of amides is 1. The Morgan fingerprint density at radius 2 is 2.07 bits per heavy atom. The third-order valence-electron chi connectivity index (χ3n) is 2.41. The number of carboxylic acid groups (broad SMARTS) is 1. The molecular weight excluding hydrogens is 186 g/mol. The number of ether oxygens (including phenoxy) is 1. The summed E-state index contributed by atoms with van der Waals surface area (Å²) in [6, 6.07) is -0.752. The molecule has 80 valence electrons. The van der Waals surface area contributed by atoms with Gasteiger partial charge in [0.15, 0.2) is 0 Å². The van der Waals surface area contributed by atoms with Gasteiger partial charge in [-0.2, -0.15) is 0 Å². The Morgan fingerprint density at radius 3 is 2.50 bits per heavy atom. The van der Waals surface area contributed by atoms with Crippen LogP contribution < -0.4 is 0 Å². The molecule has 0 radical (unpaired) electrons. The molecule has 1 aliphatic heterocycles. The van der Waals surface area contributed by atoms with Crippen molar-refractivity contribution in [1.82, 2.24) is 4.90 Å². The molecule has 1 N–H and O–H groups in total. The third kappa shape index (κ3) is 1.97. The van der Waals surface area contributed by atoms with Gasteiger partial charge < -0.3 is 9.84 Å². The molecule has 1 fully saturated rings. The number of hydrogen-bond acceptors (Lipinski definition) is 3. The number of carboxylic acids is 1. The van der Waals surface area contributed by atoms with E-state index in [1.165, 1.54) is 12.0 Å². The number of nitrogens with zero attached hydrogens (tertiary/aromatic N) is 1. The fraction of sp³-hybridized carbons (Fsp3) is 0.778. The molecule has 0 aliphatic carbocycles. The number of carbonyl (C=O) groups is 2. The summed E-state index contributed by atoms with van der Waals surface area (Å²) in [5.41, 5.74) is -0.156. The number of methoxy groups -OCH3 is 1. The highest BCUT2D eigenvalue weighted by molar-refractivity contribution is 5.80. The van der Waals surface area contributed by atoms with E-state index in [4.69, 9.17) is 5.11 Å². The third-order valence-corrected chi connectivity index (χ3v) is 2.41. The summed E-state index contributed by atoms with van der Waals surface area (Å²) >= 11 is 0. The predicted molar refractivity (Wildman–Crippen MR) is 48.9 cm³/mol. The standard InChI is InChI=1S/C9H15NO4/c1-9(2)4-6(7(11)12)10(5-9)8(13)14-3/h6H,4-5H2,1-3H3,(H,11,12)/t6-/m0/s1. The number of likely N-dealkylation sites (tertiary alicyclic amines) is 1. The second kappa shape index (κ2) is 3.48. The van der Waals surface area contributed by atoms with Crippen molar-refractivity contribution in [2.75, 3.05) is 13.7 Å². The maximum absolute atomic E-state index is 11.3. The molecule has 0 aromatic rings. The van der Waals surface area contributed by atoms with E-state index in [0.29, 0.717) is 13.0 Å². The van der Waals surface area contributed by atoms with Gasteiger partial charge in [-0.3, -0.25) is 4.90 Å². The van der Waals surface area contributed by atoms with Gasteiger partial charge in [0.2, 0.25) is 0 Å². The van der Waals surface area contributed by atoms with Crippen LogP contribution >= 0.6 is 0 Å².